The van der Waals surface area contributed by atoms with Crippen LogP contribution in [0.15, 0.2) is 30.3 Å². The Morgan fingerprint density at radius 2 is 1.88 bits per heavy atom. The number of carbonyl (C=O) groups is 1. The molecule has 0 bridgehead atoms. The van der Waals surface area contributed by atoms with Crippen LogP contribution < -0.4 is 0 Å². The van der Waals surface area contributed by atoms with Crippen molar-refractivity contribution in [1.82, 2.24) is 0 Å². The number of hydrogen-bond acceptors (Lipinski definition) is 1. The summed E-state index contributed by atoms with van der Waals surface area (Å²) < 4.78 is 0. The number of aryl methyl sites for hydroxylation is 1. The number of benzene rings is 1. The lowest BCUT2D eigenvalue weighted by Crippen LogP contribution is -2.07. The van der Waals surface area contributed by atoms with E-state index in [-0.39, 0.29) is 0 Å². The van der Waals surface area contributed by atoms with E-state index in [4.69, 9.17) is 0 Å². The Hall–Kier alpha value is -1.11. The number of hydrogen-bond donors (Lipinski definition) is 0. The average molecular weight is 218 g/mol. The summed E-state index contributed by atoms with van der Waals surface area (Å²) in [6.45, 7) is 4.00. The average Bonchev–Trinajstić information content (AvgIpc) is 2.76. The number of ketones is 1. The first-order chi connectivity index (χ1) is 7.86. The SMILES string of the molecule is CC.O=C1CCCC1CCc1ccccc1. The van der Waals surface area contributed by atoms with Gasteiger partial charge < -0.3 is 0 Å². The van der Waals surface area contributed by atoms with Crippen molar-refractivity contribution in [2.45, 2.75) is 46.0 Å². The van der Waals surface area contributed by atoms with Gasteiger partial charge >= 0.3 is 0 Å². The van der Waals surface area contributed by atoms with Gasteiger partial charge in [-0.25, -0.2) is 0 Å². The van der Waals surface area contributed by atoms with E-state index < -0.39 is 0 Å². The van der Waals surface area contributed by atoms with Crippen LogP contribution in [0.4, 0.5) is 0 Å². The predicted octanol–water partition coefficient (Wildman–Crippen LogP) is 4.01. The molecule has 1 aromatic rings. The maximum absolute atomic E-state index is 11.4. The monoisotopic (exact) mass is 218 g/mol. The molecule has 88 valence electrons. The third-order valence-corrected chi connectivity index (χ3v) is 3.06. The fraction of sp³-hybridized carbons (Fsp3) is 0.533. The van der Waals surface area contributed by atoms with Crippen molar-refractivity contribution in [3.63, 3.8) is 0 Å². The highest BCUT2D eigenvalue weighted by molar-refractivity contribution is 5.82. The minimum Gasteiger partial charge on any atom is -0.299 e. The van der Waals surface area contributed by atoms with Gasteiger partial charge in [0.25, 0.3) is 0 Å². The zero-order valence-electron chi connectivity index (χ0n) is 10.4. The standard InChI is InChI=1S/C13H16O.C2H6/c14-13-8-4-7-12(13)10-9-11-5-2-1-3-6-11;1-2/h1-3,5-6,12H,4,7-10H2;1-2H3. The highest BCUT2D eigenvalue weighted by Crippen LogP contribution is 2.25. The molecule has 16 heavy (non-hydrogen) atoms. The molecule has 0 N–H and O–H groups in total. The lowest BCUT2D eigenvalue weighted by molar-refractivity contribution is -0.120. The van der Waals surface area contributed by atoms with Gasteiger partial charge in [-0.15, -0.1) is 0 Å². The Morgan fingerprint density at radius 1 is 1.19 bits per heavy atom. The van der Waals surface area contributed by atoms with E-state index in [9.17, 15) is 4.79 Å². The van der Waals surface area contributed by atoms with Crippen molar-refractivity contribution in [3.8, 4) is 0 Å². The van der Waals surface area contributed by atoms with Gasteiger partial charge in [0.15, 0.2) is 0 Å². The molecule has 0 radical (unpaired) electrons. The summed E-state index contributed by atoms with van der Waals surface area (Å²) >= 11 is 0. The summed E-state index contributed by atoms with van der Waals surface area (Å²) in [6, 6.07) is 10.4. The minimum atomic E-state index is 0.357. The van der Waals surface area contributed by atoms with Crippen LogP contribution in [-0.2, 0) is 11.2 Å². The third kappa shape index (κ3) is 3.80. The lowest BCUT2D eigenvalue weighted by atomic mass is 9.97. The van der Waals surface area contributed by atoms with E-state index >= 15 is 0 Å². The topological polar surface area (TPSA) is 17.1 Å². The first-order valence-corrected chi connectivity index (χ1v) is 6.43. The van der Waals surface area contributed by atoms with Gasteiger partial charge in [0, 0.05) is 12.3 Å². The Morgan fingerprint density at radius 3 is 2.44 bits per heavy atom. The lowest BCUT2D eigenvalue weighted by Gasteiger charge is -2.06. The summed E-state index contributed by atoms with van der Waals surface area (Å²) in [7, 11) is 0. The smallest absolute Gasteiger partial charge is 0.135 e. The van der Waals surface area contributed by atoms with Gasteiger partial charge in [-0.05, 0) is 31.2 Å². The quantitative estimate of drug-likeness (QED) is 0.749. The molecule has 1 aliphatic rings. The van der Waals surface area contributed by atoms with Crippen LogP contribution in [0.25, 0.3) is 0 Å². The van der Waals surface area contributed by atoms with Crippen LogP contribution in [0.2, 0.25) is 0 Å². The third-order valence-electron chi connectivity index (χ3n) is 3.06. The molecular formula is C15H22O. The largest absolute Gasteiger partial charge is 0.299 e. The zero-order chi connectivity index (χ0) is 11.8. The van der Waals surface area contributed by atoms with Crippen LogP contribution in [0.1, 0.15) is 45.1 Å². The molecule has 2 rings (SSSR count). The predicted molar refractivity (Wildman–Crippen MR) is 68.5 cm³/mol. The van der Waals surface area contributed by atoms with Crippen molar-refractivity contribution in [2.75, 3.05) is 0 Å². The summed E-state index contributed by atoms with van der Waals surface area (Å²) in [5, 5.41) is 0. The molecule has 0 spiro atoms. The fourth-order valence-electron chi connectivity index (χ4n) is 2.18. The van der Waals surface area contributed by atoms with E-state index in [0.29, 0.717) is 11.7 Å². The van der Waals surface area contributed by atoms with Gasteiger partial charge in [-0.1, -0.05) is 44.2 Å². The molecule has 0 saturated heterocycles. The molecule has 0 heterocycles. The molecule has 1 atom stereocenters. The maximum Gasteiger partial charge on any atom is 0.135 e. The van der Waals surface area contributed by atoms with E-state index in [1.807, 2.05) is 19.9 Å². The van der Waals surface area contributed by atoms with E-state index in [0.717, 1.165) is 32.1 Å². The van der Waals surface area contributed by atoms with E-state index in [2.05, 4.69) is 24.3 Å². The Bertz CT molecular complexity index is 302. The molecule has 1 unspecified atom stereocenters. The molecule has 1 saturated carbocycles. The molecule has 0 aliphatic heterocycles. The summed E-state index contributed by atoms with van der Waals surface area (Å²) in [5.41, 5.74) is 1.35. The number of rotatable bonds is 3. The summed E-state index contributed by atoms with van der Waals surface area (Å²) in [4.78, 5) is 11.4. The van der Waals surface area contributed by atoms with Crippen molar-refractivity contribution >= 4 is 5.78 Å². The van der Waals surface area contributed by atoms with Crippen molar-refractivity contribution in [3.05, 3.63) is 35.9 Å². The van der Waals surface area contributed by atoms with Crippen molar-refractivity contribution in [1.29, 1.82) is 0 Å². The first-order valence-electron chi connectivity index (χ1n) is 6.43. The van der Waals surface area contributed by atoms with Crippen molar-refractivity contribution in [2.24, 2.45) is 5.92 Å². The van der Waals surface area contributed by atoms with E-state index in [1.165, 1.54) is 5.56 Å². The maximum atomic E-state index is 11.4. The van der Waals surface area contributed by atoms with Crippen LogP contribution in [0.5, 0.6) is 0 Å². The molecule has 1 heteroatoms. The Kier molecular flexibility index (Phi) is 5.84. The zero-order valence-corrected chi connectivity index (χ0v) is 10.4. The second-order valence-corrected chi connectivity index (χ2v) is 4.08. The number of Topliss-reactive ketones (excluding diaryl/α,β-unsaturated/α-hetero) is 1. The molecule has 0 aromatic heterocycles. The minimum absolute atomic E-state index is 0.357. The Balaban J connectivity index is 0.000000606. The highest BCUT2D eigenvalue weighted by atomic mass is 16.1. The van der Waals surface area contributed by atoms with Crippen LogP contribution >= 0.6 is 0 Å². The van der Waals surface area contributed by atoms with Crippen LogP contribution in [0, 0.1) is 5.92 Å². The molecule has 1 aliphatic carbocycles. The van der Waals surface area contributed by atoms with Gasteiger partial charge in [0.05, 0.1) is 0 Å². The highest BCUT2D eigenvalue weighted by Gasteiger charge is 2.23. The second kappa shape index (κ2) is 7.21. The van der Waals surface area contributed by atoms with Crippen molar-refractivity contribution < 1.29 is 4.79 Å². The summed E-state index contributed by atoms with van der Waals surface area (Å²) in [5.74, 6) is 0.844. The van der Waals surface area contributed by atoms with Gasteiger partial charge in [-0.3, -0.25) is 4.79 Å². The van der Waals surface area contributed by atoms with Crippen LogP contribution in [0.3, 0.4) is 0 Å². The van der Waals surface area contributed by atoms with Gasteiger partial charge in [0.2, 0.25) is 0 Å². The molecule has 1 fully saturated rings. The van der Waals surface area contributed by atoms with Gasteiger partial charge in [0.1, 0.15) is 5.78 Å². The first kappa shape index (κ1) is 13.0. The molecule has 1 nitrogen and oxygen atoms in total. The van der Waals surface area contributed by atoms with E-state index in [1.54, 1.807) is 0 Å². The second-order valence-electron chi connectivity index (χ2n) is 4.08. The summed E-state index contributed by atoms with van der Waals surface area (Å²) in [6.07, 6.45) is 5.14. The number of carbonyl (C=O) groups excluding carboxylic acids is 1. The van der Waals surface area contributed by atoms with Crippen LogP contribution in [-0.4, -0.2) is 5.78 Å². The molecule has 0 amide bonds. The van der Waals surface area contributed by atoms with Gasteiger partial charge in [-0.2, -0.15) is 0 Å². The Labute approximate surface area is 98.9 Å². The fourth-order valence-corrected chi connectivity index (χ4v) is 2.18. The normalized spacial score (nSPS) is 19.1. The molecule has 1 aromatic carbocycles. The molecular weight excluding hydrogens is 196 g/mol.